The largest absolute Gasteiger partial charge is 0.507 e. The third-order valence-electron chi connectivity index (χ3n) is 4.13. The van der Waals surface area contributed by atoms with Gasteiger partial charge in [0.15, 0.2) is 0 Å². The second-order valence-electron chi connectivity index (χ2n) is 5.38. The number of piperidine rings is 1. The third-order valence-corrected chi connectivity index (χ3v) is 4.80. The number of phenolic OH excluding ortho intramolecular Hbond substituents is 1. The molecular formula is C14H16INO3. The van der Waals surface area contributed by atoms with Crippen molar-refractivity contribution in [2.75, 3.05) is 0 Å². The summed E-state index contributed by atoms with van der Waals surface area (Å²) in [7, 11) is 0. The minimum atomic E-state index is -0.286. The quantitative estimate of drug-likeness (QED) is 0.742. The molecule has 19 heavy (non-hydrogen) atoms. The van der Waals surface area contributed by atoms with Gasteiger partial charge in [-0.2, -0.15) is 0 Å². The fourth-order valence-corrected chi connectivity index (χ4v) is 3.79. The van der Waals surface area contributed by atoms with Crippen LogP contribution in [0.15, 0.2) is 18.2 Å². The Morgan fingerprint density at radius 3 is 2.53 bits per heavy atom. The maximum Gasteiger partial charge on any atom is 0.258 e. The van der Waals surface area contributed by atoms with E-state index in [0.717, 1.165) is 16.4 Å². The first kappa shape index (κ1) is 13.2. The number of hydrogen-bond donors (Lipinski definition) is 2. The predicted molar refractivity (Wildman–Crippen MR) is 79.0 cm³/mol. The second-order valence-corrected chi connectivity index (χ2v) is 6.63. The Labute approximate surface area is 125 Å². The monoisotopic (exact) mass is 373 g/mol. The third kappa shape index (κ3) is 2.33. The molecule has 0 aliphatic carbocycles. The lowest BCUT2D eigenvalue weighted by atomic mass is 9.98. The molecule has 2 aliphatic rings. The van der Waals surface area contributed by atoms with Crippen molar-refractivity contribution in [3.8, 4) is 5.75 Å². The fraction of sp³-hybridized carbons (Fsp3) is 0.500. The molecule has 3 rings (SSSR count). The first-order valence-electron chi connectivity index (χ1n) is 6.55. The zero-order chi connectivity index (χ0) is 13.6. The highest BCUT2D eigenvalue weighted by Gasteiger charge is 2.43. The van der Waals surface area contributed by atoms with Gasteiger partial charge in [-0.25, -0.2) is 0 Å². The number of halogens is 1. The van der Waals surface area contributed by atoms with E-state index in [4.69, 9.17) is 0 Å². The standard InChI is InChI=1S/C14H16INO3/c15-8-1-4-13(18)12(5-8)14(19)16-9-2-3-10(16)7-11(17)6-9/h1,4-5,9-11,17-18H,2-3,6-7H2. The maximum atomic E-state index is 12.6. The molecule has 2 bridgehead atoms. The molecule has 2 saturated heterocycles. The van der Waals surface area contributed by atoms with Crippen molar-refractivity contribution in [2.24, 2.45) is 0 Å². The van der Waals surface area contributed by atoms with Crippen molar-refractivity contribution in [1.82, 2.24) is 4.90 Å². The van der Waals surface area contributed by atoms with Crippen LogP contribution in [0, 0.1) is 3.57 Å². The van der Waals surface area contributed by atoms with Crippen LogP contribution in [-0.2, 0) is 0 Å². The maximum absolute atomic E-state index is 12.6. The summed E-state index contributed by atoms with van der Waals surface area (Å²) < 4.78 is 0.933. The lowest BCUT2D eigenvalue weighted by Crippen LogP contribution is -2.48. The van der Waals surface area contributed by atoms with Gasteiger partial charge in [-0.05, 0) is 66.5 Å². The molecule has 2 unspecified atom stereocenters. The molecule has 2 heterocycles. The SMILES string of the molecule is O=C(c1cc(I)ccc1O)N1C2CCC1CC(O)C2. The number of aliphatic hydroxyl groups excluding tert-OH is 1. The van der Waals surface area contributed by atoms with Crippen LogP contribution >= 0.6 is 22.6 Å². The van der Waals surface area contributed by atoms with Crippen molar-refractivity contribution in [2.45, 2.75) is 43.9 Å². The molecule has 1 amide bonds. The van der Waals surface area contributed by atoms with E-state index in [1.165, 1.54) is 0 Å². The number of amides is 1. The van der Waals surface area contributed by atoms with Crippen molar-refractivity contribution < 1.29 is 15.0 Å². The Morgan fingerprint density at radius 1 is 1.26 bits per heavy atom. The Morgan fingerprint density at radius 2 is 1.89 bits per heavy atom. The number of benzene rings is 1. The average molecular weight is 373 g/mol. The molecule has 2 fully saturated rings. The fourth-order valence-electron chi connectivity index (χ4n) is 3.30. The van der Waals surface area contributed by atoms with Crippen LogP contribution in [0.25, 0.3) is 0 Å². The van der Waals surface area contributed by atoms with Crippen molar-refractivity contribution in [3.63, 3.8) is 0 Å². The number of carbonyl (C=O) groups is 1. The van der Waals surface area contributed by atoms with Crippen molar-refractivity contribution >= 4 is 28.5 Å². The van der Waals surface area contributed by atoms with Gasteiger partial charge in [0, 0.05) is 15.7 Å². The molecule has 102 valence electrons. The number of fused-ring (bicyclic) bond motifs is 2. The number of hydrogen-bond acceptors (Lipinski definition) is 3. The minimum absolute atomic E-state index is 0.0379. The van der Waals surface area contributed by atoms with Gasteiger partial charge in [0.1, 0.15) is 5.75 Å². The highest BCUT2D eigenvalue weighted by Crippen LogP contribution is 2.37. The number of aromatic hydroxyl groups is 1. The first-order chi connectivity index (χ1) is 9.06. The summed E-state index contributed by atoms with van der Waals surface area (Å²) in [6.07, 6.45) is 2.95. The highest BCUT2D eigenvalue weighted by molar-refractivity contribution is 14.1. The summed E-state index contributed by atoms with van der Waals surface area (Å²) in [5, 5.41) is 19.7. The van der Waals surface area contributed by atoms with Gasteiger partial charge < -0.3 is 15.1 Å². The van der Waals surface area contributed by atoms with Crippen LogP contribution in [0.3, 0.4) is 0 Å². The molecule has 0 aromatic heterocycles. The number of aliphatic hydroxyl groups is 1. The van der Waals surface area contributed by atoms with E-state index in [0.29, 0.717) is 18.4 Å². The molecule has 0 saturated carbocycles. The van der Waals surface area contributed by atoms with E-state index in [2.05, 4.69) is 22.6 Å². The molecular weight excluding hydrogens is 357 g/mol. The van der Waals surface area contributed by atoms with E-state index >= 15 is 0 Å². The second kappa shape index (κ2) is 4.94. The van der Waals surface area contributed by atoms with Gasteiger partial charge in [-0.15, -0.1) is 0 Å². The number of nitrogens with zero attached hydrogens (tertiary/aromatic N) is 1. The zero-order valence-electron chi connectivity index (χ0n) is 10.4. The van der Waals surface area contributed by atoms with Crippen LogP contribution in [0.1, 0.15) is 36.0 Å². The molecule has 2 atom stereocenters. The molecule has 1 aromatic carbocycles. The van der Waals surface area contributed by atoms with Gasteiger partial charge in [0.2, 0.25) is 0 Å². The summed E-state index contributed by atoms with van der Waals surface area (Å²) in [6, 6.07) is 5.32. The van der Waals surface area contributed by atoms with E-state index < -0.39 is 0 Å². The topological polar surface area (TPSA) is 60.8 Å². The first-order valence-corrected chi connectivity index (χ1v) is 7.63. The van der Waals surface area contributed by atoms with Crippen LogP contribution < -0.4 is 0 Å². The Hall–Kier alpha value is -0.820. The Bertz CT molecular complexity index is 505. The molecule has 2 aliphatic heterocycles. The molecule has 0 radical (unpaired) electrons. The summed E-state index contributed by atoms with van der Waals surface area (Å²) in [5.41, 5.74) is 0.375. The lowest BCUT2D eigenvalue weighted by Gasteiger charge is -2.37. The van der Waals surface area contributed by atoms with Crippen molar-refractivity contribution in [1.29, 1.82) is 0 Å². The molecule has 2 N–H and O–H groups in total. The normalized spacial score (nSPS) is 29.6. The average Bonchev–Trinajstić information content (AvgIpc) is 2.64. The van der Waals surface area contributed by atoms with E-state index in [9.17, 15) is 15.0 Å². The van der Waals surface area contributed by atoms with Gasteiger partial charge >= 0.3 is 0 Å². The van der Waals surface area contributed by atoms with Gasteiger partial charge in [0.05, 0.1) is 11.7 Å². The molecule has 1 aromatic rings. The van der Waals surface area contributed by atoms with Gasteiger partial charge in [-0.1, -0.05) is 0 Å². The molecule has 5 heteroatoms. The summed E-state index contributed by atoms with van der Waals surface area (Å²) >= 11 is 2.13. The Kier molecular flexibility index (Phi) is 3.42. The minimum Gasteiger partial charge on any atom is -0.507 e. The lowest BCUT2D eigenvalue weighted by molar-refractivity contribution is 0.0285. The smallest absolute Gasteiger partial charge is 0.258 e. The zero-order valence-corrected chi connectivity index (χ0v) is 12.6. The van der Waals surface area contributed by atoms with Gasteiger partial charge in [-0.3, -0.25) is 4.79 Å². The summed E-state index contributed by atoms with van der Waals surface area (Å²) in [4.78, 5) is 14.5. The van der Waals surface area contributed by atoms with Gasteiger partial charge in [0.25, 0.3) is 5.91 Å². The summed E-state index contributed by atoms with van der Waals surface area (Å²) in [5.74, 6) is -0.0636. The molecule has 4 nitrogen and oxygen atoms in total. The van der Waals surface area contributed by atoms with Crippen LogP contribution in [0.5, 0.6) is 5.75 Å². The predicted octanol–water partition coefficient (Wildman–Crippen LogP) is 2.12. The molecule has 0 spiro atoms. The van der Waals surface area contributed by atoms with Crippen molar-refractivity contribution in [3.05, 3.63) is 27.3 Å². The summed E-state index contributed by atoms with van der Waals surface area (Å²) in [6.45, 7) is 0. The van der Waals surface area contributed by atoms with Crippen LogP contribution in [0.4, 0.5) is 0 Å². The van der Waals surface area contributed by atoms with E-state index in [1.54, 1.807) is 18.2 Å². The number of rotatable bonds is 1. The van der Waals surface area contributed by atoms with E-state index in [1.807, 2.05) is 4.90 Å². The highest BCUT2D eigenvalue weighted by atomic mass is 127. The number of carbonyl (C=O) groups excluding carboxylic acids is 1. The number of phenols is 1. The van der Waals surface area contributed by atoms with E-state index in [-0.39, 0.29) is 29.8 Å². The Balaban J connectivity index is 1.90. The van der Waals surface area contributed by atoms with Crippen LogP contribution in [0.2, 0.25) is 0 Å². The van der Waals surface area contributed by atoms with Crippen LogP contribution in [-0.4, -0.2) is 39.2 Å².